The fourth-order valence-electron chi connectivity index (χ4n) is 2.77. The van der Waals surface area contributed by atoms with Gasteiger partial charge in [-0.25, -0.2) is 4.99 Å². The molecule has 0 aromatic heterocycles. The standard InChI is InChI=1S/C10H19BN2O/c1-10(11)6-4-5-7-8(10)14-9(12-2)13(7)3/h7-8H,4-6,11H2,1-3H3/b12-9+. The van der Waals surface area contributed by atoms with Crippen LogP contribution in [0.15, 0.2) is 4.99 Å². The maximum Gasteiger partial charge on any atom is 0.287 e. The Labute approximate surface area is 86.9 Å². The van der Waals surface area contributed by atoms with Crippen molar-refractivity contribution in [2.45, 2.75) is 43.6 Å². The van der Waals surface area contributed by atoms with Gasteiger partial charge in [-0.05, 0) is 11.7 Å². The van der Waals surface area contributed by atoms with E-state index in [4.69, 9.17) is 4.74 Å². The Kier molecular flexibility index (Phi) is 2.24. The molecule has 78 valence electrons. The second-order valence-corrected chi connectivity index (χ2v) is 5.10. The van der Waals surface area contributed by atoms with E-state index in [2.05, 4.69) is 31.7 Å². The molecule has 2 fully saturated rings. The normalized spacial score (nSPS) is 45.1. The van der Waals surface area contributed by atoms with Gasteiger partial charge >= 0.3 is 0 Å². The molecule has 4 heteroatoms. The van der Waals surface area contributed by atoms with Crippen LogP contribution in [-0.4, -0.2) is 45.0 Å². The van der Waals surface area contributed by atoms with Crippen LogP contribution in [0.25, 0.3) is 0 Å². The summed E-state index contributed by atoms with van der Waals surface area (Å²) in [7, 11) is 6.20. The first-order valence-electron chi connectivity index (χ1n) is 5.42. The molecule has 0 spiro atoms. The first-order chi connectivity index (χ1) is 6.56. The van der Waals surface area contributed by atoms with Crippen LogP contribution in [0.5, 0.6) is 0 Å². The first-order valence-corrected chi connectivity index (χ1v) is 5.42. The molecule has 3 nitrogen and oxygen atoms in total. The lowest BCUT2D eigenvalue weighted by atomic mass is 9.58. The first kappa shape index (κ1) is 9.87. The van der Waals surface area contributed by atoms with Crippen molar-refractivity contribution in [2.24, 2.45) is 4.99 Å². The van der Waals surface area contributed by atoms with Crippen molar-refractivity contribution >= 4 is 13.9 Å². The van der Waals surface area contributed by atoms with Gasteiger partial charge in [0.25, 0.3) is 6.02 Å². The highest BCUT2D eigenvalue weighted by Crippen LogP contribution is 2.45. The molecule has 1 saturated heterocycles. The predicted octanol–water partition coefficient (Wildman–Crippen LogP) is 0.667. The maximum atomic E-state index is 5.92. The van der Waals surface area contributed by atoms with E-state index in [1.165, 1.54) is 19.3 Å². The molecule has 0 radical (unpaired) electrons. The van der Waals surface area contributed by atoms with Crippen molar-refractivity contribution in [1.29, 1.82) is 0 Å². The van der Waals surface area contributed by atoms with Crippen LogP contribution in [0.4, 0.5) is 0 Å². The van der Waals surface area contributed by atoms with Crippen LogP contribution in [-0.2, 0) is 4.74 Å². The summed E-state index contributed by atoms with van der Waals surface area (Å²) in [6, 6.07) is 1.35. The van der Waals surface area contributed by atoms with Gasteiger partial charge in [-0.3, -0.25) is 0 Å². The lowest BCUT2D eigenvalue weighted by molar-refractivity contribution is 0.104. The third-order valence-electron chi connectivity index (χ3n) is 3.66. The van der Waals surface area contributed by atoms with Crippen LogP contribution in [0, 0.1) is 0 Å². The Hall–Kier alpha value is -0.665. The highest BCUT2D eigenvalue weighted by atomic mass is 16.5. The summed E-state index contributed by atoms with van der Waals surface area (Å²) in [6.45, 7) is 2.30. The molecular formula is C10H19BN2O. The number of rotatable bonds is 0. The van der Waals surface area contributed by atoms with E-state index in [0.29, 0.717) is 17.5 Å². The largest absolute Gasteiger partial charge is 0.460 e. The molecule has 2 rings (SSSR count). The number of fused-ring (bicyclic) bond motifs is 1. The molecule has 1 heterocycles. The van der Waals surface area contributed by atoms with Gasteiger partial charge in [0.2, 0.25) is 0 Å². The van der Waals surface area contributed by atoms with Gasteiger partial charge in [-0.2, -0.15) is 0 Å². The quantitative estimate of drug-likeness (QED) is 0.529. The zero-order valence-electron chi connectivity index (χ0n) is 9.58. The number of ether oxygens (including phenoxy) is 1. The lowest BCUT2D eigenvalue weighted by Gasteiger charge is -2.39. The minimum Gasteiger partial charge on any atom is -0.460 e. The average Bonchev–Trinajstić information content (AvgIpc) is 2.45. The van der Waals surface area contributed by atoms with Crippen LogP contribution in [0.2, 0.25) is 5.31 Å². The maximum absolute atomic E-state index is 5.92. The Morgan fingerprint density at radius 1 is 1.64 bits per heavy atom. The molecule has 3 atom stereocenters. The molecule has 0 aromatic carbocycles. The second-order valence-electron chi connectivity index (χ2n) is 5.10. The van der Waals surface area contributed by atoms with Crippen LogP contribution in [0.3, 0.4) is 0 Å². The molecule has 0 amide bonds. The third-order valence-corrected chi connectivity index (χ3v) is 3.66. The van der Waals surface area contributed by atoms with Gasteiger partial charge in [0.05, 0.1) is 6.04 Å². The lowest BCUT2D eigenvalue weighted by Crippen LogP contribution is -2.43. The topological polar surface area (TPSA) is 24.8 Å². The van der Waals surface area contributed by atoms with Gasteiger partial charge < -0.3 is 9.64 Å². The number of hydrogen-bond donors (Lipinski definition) is 0. The van der Waals surface area contributed by atoms with Crippen LogP contribution < -0.4 is 0 Å². The summed E-state index contributed by atoms with van der Waals surface area (Å²) in [5.41, 5.74) is 0. The third kappa shape index (κ3) is 1.32. The van der Waals surface area contributed by atoms with E-state index < -0.39 is 0 Å². The SMILES string of the molecule is BC1(C)CCCC2C1O/C(=N/C)N2C. The fourth-order valence-corrected chi connectivity index (χ4v) is 2.77. The van der Waals surface area contributed by atoms with E-state index in [1.807, 2.05) is 0 Å². The Bertz CT molecular complexity index is 265. The van der Waals surface area contributed by atoms with E-state index in [-0.39, 0.29) is 0 Å². The molecular weight excluding hydrogens is 175 g/mol. The molecule has 1 saturated carbocycles. The summed E-state index contributed by atoms with van der Waals surface area (Å²) in [6.07, 6.45) is 4.14. The van der Waals surface area contributed by atoms with E-state index in [0.717, 1.165) is 6.02 Å². The van der Waals surface area contributed by atoms with E-state index in [1.54, 1.807) is 7.05 Å². The van der Waals surface area contributed by atoms with Gasteiger partial charge in [-0.1, -0.05) is 19.8 Å². The molecule has 0 aromatic rings. The van der Waals surface area contributed by atoms with E-state index in [9.17, 15) is 0 Å². The van der Waals surface area contributed by atoms with Gasteiger partial charge in [0.15, 0.2) is 0 Å². The van der Waals surface area contributed by atoms with Crippen molar-refractivity contribution in [3.8, 4) is 0 Å². The van der Waals surface area contributed by atoms with Crippen molar-refractivity contribution in [2.75, 3.05) is 14.1 Å². The van der Waals surface area contributed by atoms with Crippen molar-refractivity contribution in [1.82, 2.24) is 4.90 Å². The Balaban J connectivity index is 2.25. The van der Waals surface area contributed by atoms with E-state index >= 15 is 0 Å². The van der Waals surface area contributed by atoms with Gasteiger partial charge in [0, 0.05) is 14.1 Å². The highest BCUT2D eigenvalue weighted by Gasteiger charge is 2.48. The number of aliphatic imine (C=N–C) groups is 1. The fraction of sp³-hybridized carbons (Fsp3) is 0.900. The minimum absolute atomic E-state index is 0.295. The molecule has 1 aliphatic heterocycles. The van der Waals surface area contributed by atoms with Crippen molar-refractivity contribution in [3.63, 3.8) is 0 Å². The summed E-state index contributed by atoms with van der Waals surface area (Å²) in [4.78, 5) is 6.38. The summed E-state index contributed by atoms with van der Waals surface area (Å²) >= 11 is 0. The van der Waals surface area contributed by atoms with Crippen molar-refractivity contribution < 1.29 is 4.74 Å². The molecule has 14 heavy (non-hydrogen) atoms. The average molecular weight is 194 g/mol. The molecule has 2 aliphatic rings. The van der Waals surface area contributed by atoms with Crippen LogP contribution >= 0.6 is 0 Å². The molecule has 0 N–H and O–H groups in total. The molecule has 3 unspecified atom stereocenters. The summed E-state index contributed by atoms with van der Waals surface area (Å²) in [5, 5.41) is 0.295. The summed E-state index contributed by atoms with van der Waals surface area (Å²) < 4.78 is 5.92. The monoisotopic (exact) mass is 194 g/mol. The predicted molar refractivity (Wildman–Crippen MR) is 60.5 cm³/mol. The number of amidine groups is 1. The zero-order chi connectivity index (χ0) is 10.3. The highest BCUT2D eigenvalue weighted by molar-refractivity contribution is 6.15. The van der Waals surface area contributed by atoms with Crippen molar-refractivity contribution in [3.05, 3.63) is 0 Å². The smallest absolute Gasteiger partial charge is 0.287 e. The number of likely N-dealkylation sites (N-methyl/N-ethyl adjacent to an activating group) is 1. The number of nitrogens with zero attached hydrogens (tertiary/aromatic N) is 2. The summed E-state index contributed by atoms with van der Waals surface area (Å²) in [5.74, 6) is 0. The number of hydrogen-bond acceptors (Lipinski definition) is 2. The van der Waals surface area contributed by atoms with Gasteiger partial charge in [0.1, 0.15) is 14.0 Å². The minimum atomic E-state index is 0.295. The molecule has 0 bridgehead atoms. The molecule has 1 aliphatic carbocycles. The Morgan fingerprint density at radius 3 is 2.93 bits per heavy atom. The van der Waals surface area contributed by atoms with Crippen LogP contribution in [0.1, 0.15) is 26.2 Å². The van der Waals surface area contributed by atoms with Gasteiger partial charge in [-0.15, -0.1) is 0 Å². The second kappa shape index (κ2) is 3.18. The zero-order valence-corrected chi connectivity index (χ0v) is 9.58. The Morgan fingerprint density at radius 2 is 2.36 bits per heavy atom.